The maximum Gasteiger partial charge on any atom is 0.321 e. The summed E-state index contributed by atoms with van der Waals surface area (Å²) in [5.74, 6) is -0.600. The molecule has 5 nitrogen and oxygen atoms in total. The fourth-order valence-electron chi connectivity index (χ4n) is 3.04. The molecular weight excluding hydrogens is 304 g/mol. The minimum Gasteiger partial charge on any atom is -0.468 e. The summed E-state index contributed by atoms with van der Waals surface area (Å²) in [5, 5.41) is 0.578. The van der Waals surface area contributed by atoms with Gasteiger partial charge in [-0.15, -0.1) is 0 Å². The zero-order valence-corrected chi connectivity index (χ0v) is 13.5. The van der Waals surface area contributed by atoms with Gasteiger partial charge >= 0.3 is 5.97 Å². The van der Waals surface area contributed by atoms with Gasteiger partial charge in [0, 0.05) is 25.2 Å². The van der Waals surface area contributed by atoms with E-state index >= 15 is 0 Å². The molecule has 0 saturated heterocycles. The van der Waals surface area contributed by atoms with E-state index in [2.05, 4.69) is 4.90 Å². The number of fused-ring (bicyclic) bond motifs is 1. The summed E-state index contributed by atoms with van der Waals surface area (Å²) in [6.45, 7) is 1.43. The highest BCUT2D eigenvalue weighted by molar-refractivity contribution is 6.31. The summed E-state index contributed by atoms with van der Waals surface area (Å²) in [7, 11) is 3.32. The van der Waals surface area contributed by atoms with Crippen molar-refractivity contribution >= 4 is 34.9 Å². The number of methoxy groups -OCH3 is 1. The summed E-state index contributed by atoms with van der Waals surface area (Å²) in [5.41, 5.74) is 0.737. The number of nitrogens with zero attached hydrogens (tertiary/aromatic N) is 2. The molecule has 2 aliphatic rings. The van der Waals surface area contributed by atoms with E-state index in [1.54, 1.807) is 11.0 Å². The van der Waals surface area contributed by atoms with Crippen molar-refractivity contribution in [3.05, 3.63) is 23.2 Å². The molecule has 0 atom stereocenters. The molecule has 1 saturated carbocycles. The maximum absolute atomic E-state index is 13.0. The Hall–Kier alpha value is -1.75. The van der Waals surface area contributed by atoms with Crippen molar-refractivity contribution in [2.24, 2.45) is 5.41 Å². The second-order valence-corrected chi connectivity index (χ2v) is 6.38. The van der Waals surface area contributed by atoms with Crippen LogP contribution in [0.2, 0.25) is 5.02 Å². The number of hydrogen-bond acceptors (Lipinski definition) is 4. The first-order valence-corrected chi connectivity index (χ1v) is 7.78. The van der Waals surface area contributed by atoms with Gasteiger partial charge in [-0.3, -0.25) is 9.59 Å². The molecule has 118 valence electrons. The Morgan fingerprint density at radius 1 is 1.23 bits per heavy atom. The standard InChI is InChI=1S/C16H19ClN2O3/c1-18-8-3-9-19(13-10-11(17)4-5-12(13)18)14(20)16(6-7-16)15(21)22-2/h4-5,10H,3,6-9H2,1-2H3. The average molecular weight is 323 g/mol. The second kappa shape index (κ2) is 5.47. The number of anilines is 2. The minimum atomic E-state index is -0.989. The first-order chi connectivity index (χ1) is 10.5. The van der Waals surface area contributed by atoms with Gasteiger partial charge in [0.2, 0.25) is 5.91 Å². The van der Waals surface area contributed by atoms with Crippen LogP contribution in [0, 0.1) is 5.41 Å². The van der Waals surface area contributed by atoms with Crippen molar-refractivity contribution in [1.82, 2.24) is 0 Å². The monoisotopic (exact) mass is 322 g/mol. The van der Waals surface area contributed by atoms with Gasteiger partial charge in [-0.25, -0.2) is 0 Å². The second-order valence-electron chi connectivity index (χ2n) is 5.94. The summed E-state index contributed by atoms with van der Waals surface area (Å²) < 4.78 is 4.83. The van der Waals surface area contributed by atoms with E-state index < -0.39 is 11.4 Å². The molecule has 1 aliphatic heterocycles. The number of benzene rings is 1. The smallest absolute Gasteiger partial charge is 0.321 e. The minimum absolute atomic E-state index is 0.168. The Kier molecular flexibility index (Phi) is 3.77. The van der Waals surface area contributed by atoms with E-state index in [1.165, 1.54) is 7.11 Å². The lowest BCUT2D eigenvalue weighted by Gasteiger charge is -2.27. The molecule has 0 radical (unpaired) electrons. The molecule has 6 heteroatoms. The van der Waals surface area contributed by atoms with Crippen molar-refractivity contribution in [1.29, 1.82) is 0 Å². The largest absolute Gasteiger partial charge is 0.468 e. The van der Waals surface area contributed by atoms with Gasteiger partial charge in [-0.05, 0) is 37.5 Å². The Morgan fingerprint density at radius 2 is 1.95 bits per heavy atom. The molecule has 0 unspecified atom stereocenters. The molecule has 1 aromatic carbocycles. The highest BCUT2D eigenvalue weighted by atomic mass is 35.5. The topological polar surface area (TPSA) is 49.9 Å². The molecule has 0 aromatic heterocycles. The van der Waals surface area contributed by atoms with E-state index in [0.717, 1.165) is 24.3 Å². The van der Waals surface area contributed by atoms with Gasteiger partial charge in [-0.2, -0.15) is 0 Å². The number of carbonyl (C=O) groups is 2. The normalized spacial score (nSPS) is 19.2. The van der Waals surface area contributed by atoms with Gasteiger partial charge in [-0.1, -0.05) is 11.6 Å². The summed E-state index contributed by atoms with van der Waals surface area (Å²) in [6.07, 6.45) is 1.95. The van der Waals surface area contributed by atoms with Crippen LogP contribution in [0.15, 0.2) is 18.2 Å². The van der Waals surface area contributed by atoms with Crippen LogP contribution in [0.5, 0.6) is 0 Å². The number of halogens is 1. The molecule has 1 aromatic rings. The predicted molar refractivity (Wildman–Crippen MR) is 85.4 cm³/mol. The Bertz CT molecular complexity index is 628. The van der Waals surface area contributed by atoms with Crippen molar-refractivity contribution in [2.45, 2.75) is 19.3 Å². The zero-order chi connectivity index (χ0) is 15.9. The summed E-state index contributed by atoms with van der Waals surface area (Å²) >= 11 is 6.12. The van der Waals surface area contributed by atoms with Gasteiger partial charge in [0.05, 0.1) is 18.5 Å². The third kappa shape index (κ3) is 2.33. The van der Waals surface area contributed by atoms with Crippen LogP contribution >= 0.6 is 11.6 Å². The lowest BCUT2D eigenvalue weighted by molar-refractivity contribution is -0.151. The zero-order valence-electron chi connectivity index (χ0n) is 12.8. The van der Waals surface area contributed by atoms with E-state index in [-0.39, 0.29) is 5.91 Å². The number of amides is 1. The molecule has 3 rings (SSSR count). The van der Waals surface area contributed by atoms with Crippen LogP contribution in [0.25, 0.3) is 0 Å². The predicted octanol–water partition coefficient (Wildman–Crippen LogP) is 2.47. The number of carbonyl (C=O) groups excluding carboxylic acids is 2. The lowest BCUT2D eigenvalue weighted by Crippen LogP contribution is -2.42. The van der Waals surface area contributed by atoms with Crippen LogP contribution < -0.4 is 9.80 Å². The fourth-order valence-corrected chi connectivity index (χ4v) is 3.20. The number of esters is 1. The van der Waals surface area contributed by atoms with Gasteiger partial charge in [0.25, 0.3) is 0 Å². The van der Waals surface area contributed by atoms with Crippen molar-refractivity contribution in [3.8, 4) is 0 Å². The number of rotatable bonds is 2. The molecular formula is C16H19ClN2O3. The fraction of sp³-hybridized carbons (Fsp3) is 0.500. The highest BCUT2D eigenvalue weighted by Gasteiger charge is 2.59. The first kappa shape index (κ1) is 15.2. The average Bonchev–Trinajstić information content (AvgIpc) is 3.32. The first-order valence-electron chi connectivity index (χ1n) is 7.41. The molecule has 1 aliphatic carbocycles. The molecule has 1 amide bonds. The lowest BCUT2D eigenvalue weighted by atomic mass is 10.0. The van der Waals surface area contributed by atoms with E-state index in [1.807, 2.05) is 19.2 Å². The van der Waals surface area contributed by atoms with E-state index in [9.17, 15) is 9.59 Å². The molecule has 1 heterocycles. The van der Waals surface area contributed by atoms with Crippen LogP contribution in [0.4, 0.5) is 11.4 Å². The van der Waals surface area contributed by atoms with Crippen molar-refractivity contribution in [3.63, 3.8) is 0 Å². The van der Waals surface area contributed by atoms with E-state index in [4.69, 9.17) is 16.3 Å². The molecule has 0 spiro atoms. The van der Waals surface area contributed by atoms with Crippen LogP contribution in [-0.4, -0.2) is 39.1 Å². The number of ether oxygens (including phenoxy) is 1. The van der Waals surface area contributed by atoms with Gasteiger partial charge in [0.1, 0.15) is 5.41 Å². The summed E-state index contributed by atoms with van der Waals surface area (Å²) in [4.78, 5) is 28.8. The quantitative estimate of drug-likeness (QED) is 0.620. The third-order valence-corrected chi connectivity index (χ3v) is 4.73. The Labute approximate surface area is 134 Å². The molecule has 0 N–H and O–H groups in total. The maximum atomic E-state index is 13.0. The number of hydrogen-bond donors (Lipinski definition) is 0. The van der Waals surface area contributed by atoms with Crippen LogP contribution in [0.1, 0.15) is 19.3 Å². The Balaban J connectivity index is 2.01. The van der Waals surface area contributed by atoms with Crippen molar-refractivity contribution < 1.29 is 14.3 Å². The van der Waals surface area contributed by atoms with Gasteiger partial charge in [0.15, 0.2) is 0 Å². The van der Waals surface area contributed by atoms with Gasteiger partial charge < -0.3 is 14.5 Å². The van der Waals surface area contributed by atoms with E-state index in [0.29, 0.717) is 24.4 Å². The summed E-state index contributed by atoms with van der Waals surface area (Å²) in [6, 6.07) is 5.53. The van der Waals surface area contributed by atoms with Crippen molar-refractivity contribution in [2.75, 3.05) is 37.0 Å². The highest BCUT2D eigenvalue weighted by Crippen LogP contribution is 2.50. The molecule has 22 heavy (non-hydrogen) atoms. The molecule has 0 bridgehead atoms. The Morgan fingerprint density at radius 3 is 2.59 bits per heavy atom. The van der Waals surface area contributed by atoms with Crippen LogP contribution in [-0.2, 0) is 14.3 Å². The third-order valence-electron chi connectivity index (χ3n) is 4.50. The molecule has 1 fully saturated rings. The van der Waals surface area contributed by atoms with Crippen LogP contribution in [0.3, 0.4) is 0 Å². The SMILES string of the molecule is COC(=O)C1(C(=O)N2CCCN(C)c3ccc(Cl)cc32)CC1.